The van der Waals surface area contributed by atoms with Gasteiger partial charge in [0, 0.05) is 19.4 Å². The fraction of sp³-hybridized carbons (Fsp3) is 0.160. The Labute approximate surface area is 175 Å². The highest BCUT2D eigenvalue weighted by molar-refractivity contribution is 5.78. The number of H-pyrrole nitrogens is 1. The number of fused-ring (bicyclic) bond motifs is 1. The van der Waals surface area contributed by atoms with Gasteiger partial charge in [-0.3, -0.25) is 9.59 Å². The fourth-order valence-corrected chi connectivity index (χ4v) is 3.65. The van der Waals surface area contributed by atoms with Crippen molar-refractivity contribution in [2.24, 2.45) is 0 Å². The molecule has 0 aliphatic carbocycles. The Morgan fingerprint density at radius 3 is 2.10 bits per heavy atom. The van der Waals surface area contributed by atoms with Crippen molar-refractivity contribution in [2.45, 2.75) is 18.9 Å². The number of aromatic nitrogens is 2. The van der Waals surface area contributed by atoms with Gasteiger partial charge in [-0.1, -0.05) is 72.8 Å². The summed E-state index contributed by atoms with van der Waals surface area (Å²) in [5, 5.41) is 0.545. The topological polar surface area (TPSA) is 66.1 Å². The maximum atomic E-state index is 13.1. The third-order valence-electron chi connectivity index (χ3n) is 5.26. The maximum absolute atomic E-state index is 13.1. The number of nitrogens with one attached hydrogen (secondary N) is 1. The molecule has 0 saturated carbocycles. The van der Waals surface area contributed by atoms with E-state index in [2.05, 4.69) is 9.97 Å². The van der Waals surface area contributed by atoms with Crippen LogP contribution in [0.4, 0.5) is 0 Å². The molecule has 1 heterocycles. The maximum Gasteiger partial charge on any atom is 0.258 e. The zero-order chi connectivity index (χ0) is 20.9. The van der Waals surface area contributed by atoms with Crippen LogP contribution in [0.3, 0.4) is 0 Å². The van der Waals surface area contributed by atoms with Crippen molar-refractivity contribution < 1.29 is 4.79 Å². The summed E-state index contributed by atoms with van der Waals surface area (Å²) >= 11 is 0. The first-order valence-electron chi connectivity index (χ1n) is 9.93. The summed E-state index contributed by atoms with van der Waals surface area (Å²) in [7, 11) is 1.74. The highest BCUT2D eigenvalue weighted by atomic mass is 16.2. The van der Waals surface area contributed by atoms with Gasteiger partial charge in [0.05, 0.1) is 17.4 Å². The zero-order valence-corrected chi connectivity index (χ0v) is 16.8. The monoisotopic (exact) mass is 397 g/mol. The van der Waals surface area contributed by atoms with Gasteiger partial charge in [-0.2, -0.15) is 0 Å². The molecule has 0 spiro atoms. The molecule has 0 atom stereocenters. The van der Waals surface area contributed by atoms with Gasteiger partial charge < -0.3 is 9.88 Å². The van der Waals surface area contributed by atoms with E-state index in [9.17, 15) is 9.59 Å². The molecule has 4 rings (SSSR count). The third kappa shape index (κ3) is 4.30. The Balaban J connectivity index is 1.55. The second kappa shape index (κ2) is 8.74. The minimum Gasteiger partial charge on any atom is -0.338 e. The van der Waals surface area contributed by atoms with E-state index in [1.165, 1.54) is 0 Å². The molecule has 0 aliphatic rings. The van der Waals surface area contributed by atoms with Crippen LogP contribution < -0.4 is 5.56 Å². The van der Waals surface area contributed by atoms with Gasteiger partial charge in [0.1, 0.15) is 5.82 Å². The minimum absolute atomic E-state index is 0.0106. The molecule has 1 aromatic heterocycles. The second-order valence-electron chi connectivity index (χ2n) is 7.36. The molecule has 0 aliphatic heterocycles. The first kappa shape index (κ1) is 19.6. The normalized spacial score (nSPS) is 11.0. The Morgan fingerprint density at radius 2 is 1.47 bits per heavy atom. The number of rotatable bonds is 6. The summed E-state index contributed by atoms with van der Waals surface area (Å²) in [6.45, 7) is 0.245. The molecular weight excluding hydrogens is 374 g/mol. The quantitative estimate of drug-likeness (QED) is 0.533. The lowest BCUT2D eigenvalue weighted by molar-refractivity contribution is -0.130. The van der Waals surface area contributed by atoms with Crippen LogP contribution in [0.15, 0.2) is 89.7 Å². The van der Waals surface area contributed by atoms with Crippen molar-refractivity contribution >= 4 is 16.8 Å². The lowest BCUT2D eigenvalue weighted by atomic mass is 9.88. The number of nitrogens with zero attached hydrogens (tertiary/aromatic N) is 2. The van der Waals surface area contributed by atoms with Gasteiger partial charge in [0.25, 0.3) is 5.56 Å². The predicted molar refractivity (Wildman–Crippen MR) is 118 cm³/mol. The van der Waals surface area contributed by atoms with Crippen LogP contribution >= 0.6 is 0 Å². The summed E-state index contributed by atoms with van der Waals surface area (Å²) in [6, 6.07) is 27.3. The average Bonchev–Trinajstić information content (AvgIpc) is 2.78. The predicted octanol–water partition coefficient (Wildman–Crippen LogP) is 4.10. The number of carbonyl (C=O) groups is 1. The molecule has 4 aromatic rings. The van der Waals surface area contributed by atoms with Crippen LogP contribution in [-0.4, -0.2) is 27.8 Å². The molecule has 0 radical (unpaired) electrons. The number of hydrogen-bond acceptors (Lipinski definition) is 3. The Morgan fingerprint density at radius 1 is 0.900 bits per heavy atom. The van der Waals surface area contributed by atoms with Crippen LogP contribution in [0.2, 0.25) is 0 Å². The number of carbonyl (C=O) groups excluding carboxylic acids is 1. The zero-order valence-electron chi connectivity index (χ0n) is 16.8. The molecule has 0 bridgehead atoms. The highest BCUT2D eigenvalue weighted by Gasteiger charge is 2.21. The summed E-state index contributed by atoms with van der Waals surface area (Å²) < 4.78 is 0. The SMILES string of the molecule is CN(Cc1nc2ccccc2c(=O)[nH]1)C(=O)CC(c1ccccc1)c1ccccc1. The molecule has 30 heavy (non-hydrogen) atoms. The third-order valence-corrected chi connectivity index (χ3v) is 5.26. The van der Waals surface area contributed by atoms with Gasteiger partial charge in [0.2, 0.25) is 5.91 Å². The first-order chi connectivity index (χ1) is 14.6. The fourth-order valence-electron chi connectivity index (χ4n) is 3.65. The van der Waals surface area contributed by atoms with Crippen molar-refractivity contribution in [2.75, 3.05) is 7.05 Å². The van der Waals surface area contributed by atoms with Crippen molar-refractivity contribution in [1.82, 2.24) is 14.9 Å². The molecule has 5 heteroatoms. The van der Waals surface area contributed by atoms with E-state index in [1.54, 1.807) is 24.1 Å². The Bertz CT molecular complexity index is 1160. The van der Waals surface area contributed by atoms with Gasteiger partial charge in [-0.15, -0.1) is 0 Å². The summed E-state index contributed by atoms with van der Waals surface area (Å²) in [5.74, 6) is 0.431. The number of amides is 1. The van der Waals surface area contributed by atoms with Crippen LogP contribution in [0.1, 0.15) is 29.3 Å². The number of hydrogen-bond donors (Lipinski definition) is 1. The minimum atomic E-state index is -0.192. The number of aromatic amines is 1. The Hall–Kier alpha value is -3.73. The largest absolute Gasteiger partial charge is 0.338 e. The summed E-state index contributed by atoms with van der Waals surface area (Å²) in [6.07, 6.45) is 0.336. The van der Waals surface area contributed by atoms with Crippen LogP contribution in [0.25, 0.3) is 10.9 Å². The van der Waals surface area contributed by atoms with Gasteiger partial charge >= 0.3 is 0 Å². The molecule has 0 unspecified atom stereocenters. The van der Waals surface area contributed by atoms with Crippen molar-refractivity contribution in [1.29, 1.82) is 0 Å². The number of para-hydroxylation sites is 1. The van der Waals surface area contributed by atoms with Gasteiger partial charge in [0.15, 0.2) is 0 Å². The van der Waals surface area contributed by atoms with Crippen molar-refractivity contribution in [3.05, 3.63) is 112 Å². The van der Waals surface area contributed by atoms with Crippen LogP contribution in [-0.2, 0) is 11.3 Å². The molecule has 1 N–H and O–H groups in total. The lowest BCUT2D eigenvalue weighted by Crippen LogP contribution is -2.29. The molecule has 150 valence electrons. The van der Waals surface area contributed by atoms with E-state index >= 15 is 0 Å². The molecule has 0 saturated heterocycles. The van der Waals surface area contributed by atoms with E-state index in [4.69, 9.17) is 0 Å². The lowest BCUT2D eigenvalue weighted by Gasteiger charge is -2.22. The highest BCUT2D eigenvalue weighted by Crippen LogP contribution is 2.28. The van der Waals surface area contributed by atoms with Gasteiger partial charge in [-0.05, 0) is 23.3 Å². The second-order valence-corrected chi connectivity index (χ2v) is 7.36. The van der Waals surface area contributed by atoms with Crippen molar-refractivity contribution in [3.63, 3.8) is 0 Å². The smallest absolute Gasteiger partial charge is 0.258 e. The van der Waals surface area contributed by atoms with E-state index in [0.29, 0.717) is 23.1 Å². The Kier molecular flexibility index (Phi) is 5.70. The van der Waals surface area contributed by atoms with E-state index in [1.807, 2.05) is 72.8 Å². The summed E-state index contributed by atoms with van der Waals surface area (Å²) in [5.41, 5.74) is 2.64. The summed E-state index contributed by atoms with van der Waals surface area (Å²) in [4.78, 5) is 34.3. The average molecular weight is 397 g/mol. The van der Waals surface area contributed by atoms with Crippen LogP contribution in [0, 0.1) is 0 Å². The first-order valence-corrected chi connectivity index (χ1v) is 9.93. The van der Waals surface area contributed by atoms with E-state index in [-0.39, 0.29) is 23.9 Å². The molecule has 1 amide bonds. The molecule has 5 nitrogen and oxygen atoms in total. The van der Waals surface area contributed by atoms with E-state index < -0.39 is 0 Å². The standard InChI is InChI=1S/C25H23N3O2/c1-28(17-23-26-22-15-9-8-14-20(22)25(30)27-23)24(29)16-21(18-10-4-2-5-11-18)19-12-6-3-7-13-19/h2-15,21H,16-17H2,1H3,(H,26,27,30). The molecular formula is C25H23N3O2. The number of benzene rings is 3. The molecule has 3 aromatic carbocycles. The van der Waals surface area contributed by atoms with Gasteiger partial charge in [-0.25, -0.2) is 4.98 Å². The van der Waals surface area contributed by atoms with Crippen LogP contribution in [0.5, 0.6) is 0 Å². The van der Waals surface area contributed by atoms with Crippen molar-refractivity contribution in [3.8, 4) is 0 Å². The van der Waals surface area contributed by atoms with E-state index in [0.717, 1.165) is 11.1 Å². The molecule has 0 fully saturated rings.